The van der Waals surface area contributed by atoms with Crippen LogP contribution in [0.25, 0.3) is 0 Å². The lowest BCUT2D eigenvalue weighted by atomic mass is 10.1. The first kappa shape index (κ1) is 20.5. The van der Waals surface area contributed by atoms with E-state index in [9.17, 15) is 4.79 Å². The monoisotopic (exact) mass is 424 g/mol. The highest BCUT2D eigenvalue weighted by Crippen LogP contribution is 2.19. The first-order valence-electron chi connectivity index (χ1n) is 10.1. The number of amides is 1. The van der Waals surface area contributed by atoms with Gasteiger partial charge in [-0.3, -0.25) is 9.69 Å². The van der Waals surface area contributed by atoms with Gasteiger partial charge in [-0.2, -0.15) is 0 Å². The molecule has 1 aromatic heterocycles. The molecular weight excluding hydrogens is 400 g/mol. The Labute approximate surface area is 181 Å². The van der Waals surface area contributed by atoms with E-state index >= 15 is 0 Å². The van der Waals surface area contributed by atoms with Crippen LogP contribution in [0.1, 0.15) is 27.4 Å². The molecule has 4 rings (SSSR count). The maximum Gasteiger partial charge on any atom is 0.289 e. The van der Waals surface area contributed by atoms with E-state index < -0.39 is 0 Å². The molecule has 0 atom stereocenters. The van der Waals surface area contributed by atoms with Crippen LogP contribution in [0.15, 0.2) is 65.1 Å². The van der Waals surface area contributed by atoms with Crippen LogP contribution < -0.4 is 4.74 Å². The number of furan rings is 1. The van der Waals surface area contributed by atoms with Crippen molar-refractivity contribution in [3.8, 4) is 5.75 Å². The van der Waals surface area contributed by atoms with Crippen LogP contribution in [0, 0.1) is 6.92 Å². The van der Waals surface area contributed by atoms with E-state index in [1.165, 1.54) is 11.1 Å². The van der Waals surface area contributed by atoms with Crippen molar-refractivity contribution in [3.05, 3.63) is 88.3 Å². The topological polar surface area (TPSA) is 45.9 Å². The predicted molar refractivity (Wildman–Crippen MR) is 117 cm³/mol. The van der Waals surface area contributed by atoms with Crippen LogP contribution in [-0.2, 0) is 13.2 Å². The lowest BCUT2D eigenvalue weighted by Crippen LogP contribution is -2.48. The molecule has 0 bridgehead atoms. The molecule has 1 saturated heterocycles. The Morgan fingerprint density at radius 2 is 1.73 bits per heavy atom. The van der Waals surface area contributed by atoms with E-state index in [2.05, 4.69) is 36.1 Å². The SMILES string of the molecule is Cc1ccccc1CN1CCN(C(=O)c2ccc(COc3ccc(Cl)cc3)o2)CC1. The number of aryl methyl sites for hydroxylation is 1. The summed E-state index contributed by atoms with van der Waals surface area (Å²) in [6, 6.07) is 19.1. The summed E-state index contributed by atoms with van der Waals surface area (Å²) in [5.74, 6) is 1.61. The molecular formula is C24H25ClN2O3. The molecule has 3 aromatic rings. The Morgan fingerprint density at radius 1 is 1.00 bits per heavy atom. The molecule has 1 aliphatic rings. The zero-order valence-corrected chi connectivity index (χ0v) is 17.8. The second-order valence-electron chi connectivity index (χ2n) is 7.50. The van der Waals surface area contributed by atoms with Crippen molar-refractivity contribution < 1.29 is 13.9 Å². The summed E-state index contributed by atoms with van der Waals surface area (Å²) in [7, 11) is 0. The molecule has 156 valence electrons. The summed E-state index contributed by atoms with van der Waals surface area (Å²) < 4.78 is 11.4. The zero-order chi connectivity index (χ0) is 20.9. The van der Waals surface area contributed by atoms with Gasteiger partial charge in [0.2, 0.25) is 0 Å². The number of benzene rings is 2. The van der Waals surface area contributed by atoms with E-state index in [0.29, 0.717) is 35.4 Å². The minimum Gasteiger partial charge on any atom is -0.486 e. The van der Waals surface area contributed by atoms with E-state index in [1.807, 2.05) is 4.90 Å². The van der Waals surface area contributed by atoms with Crippen LogP contribution in [-0.4, -0.2) is 41.9 Å². The third-order valence-electron chi connectivity index (χ3n) is 5.38. The van der Waals surface area contributed by atoms with Gasteiger partial charge >= 0.3 is 0 Å². The summed E-state index contributed by atoms with van der Waals surface area (Å²) >= 11 is 5.88. The van der Waals surface area contributed by atoms with E-state index in [4.69, 9.17) is 20.8 Å². The number of rotatable bonds is 6. The molecule has 1 fully saturated rings. The van der Waals surface area contributed by atoms with Crippen LogP contribution >= 0.6 is 11.6 Å². The van der Waals surface area contributed by atoms with Gasteiger partial charge in [-0.25, -0.2) is 0 Å². The highest BCUT2D eigenvalue weighted by molar-refractivity contribution is 6.30. The number of piperazine rings is 1. The lowest BCUT2D eigenvalue weighted by molar-refractivity contribution is 0.0594. The molecule has 1 amide bonds. The Kier molecular flexibility index (Phi) is 6.41. The number of hydrogen-bond donors (Lipinski definition) is 0. The highest BCUT2D eigenvalue weighted by Gasteiger charge is 2.24. The molecule has 2 aromatic carbocycles. The maximum absolute atomic E-state index is 12.8. The highest BCUT2D eigenvalue weighted by atomic mass is 35.5. The number of nitrogens with zero attached hydrogens (tertiary/aromatic N) is 2. The minimum atomic E-state index is -0.0664. The Morgan fingerprint density at radius 3 is 2.47 bits per heavy atom. The van der Waals surface area contributed by atoms with Crippen LogP contribution in [0.3, 0.4) is 0 Å². The van der Waals surface area contributed by atoms with Gasteiger partial charge in [0.05, 0.1) is 0 Å². The molecule has 2 heterocycles. The fraction of sp³-hybridized carbons (Fsp3) is 0.292. The first-order chi connectivity index (χ1) is 14.6. The second-order valence-corrected chi connectivity index (χ2v) is 7.94. The summed E-state index contributed by atoms with van der Waals surface area (Å²) in [5, 5.41) is 0.659. The molecule has 0 saturated carbocycles. The summed E-state index contributed by atoms with van der Waals surface area (Å²) in [5.41, 5.74) is 2.65. The van der Waals surface area contributed by atoms with Gasteiger partial charge < -0.3 is 14.1 Å². The van der Waals surface area contributed by atoms with Gasteiger partial charge in [0.25, 0.3) is 5.91 Å². The van der Waals surface area contributed by atoms with Crippen LogP contribution in [0.2, 0.25) is 5.02 Å². The number of carbonyl (C=O) groups is 1. The number of carbonyl (C=O) groups excluding carboxylic acids is 1. The van der Waals surface area contributed by atoms with Crippen molar-refractivity contribution in [2.75, 3.05) is 26.2 Å². The summed E-state index contributed by atoms with van der Waals surface area (Å²) in [6.45, 7) is 6.42. The first-order valence-corrected chi connectivity index (χ1v) is 10.5. The van der Waals surface area contributed by atoms with E-state index in [0.717, 1.165) is 19.6 Å². The molecule has 5 nitrogen and oxygen atoms in total. The van der Waals surface area contributed by atoms with Crippen LogP contribution in [0.4, 0.5) is 0 Å². The average Bonchev–Trinajstić information content (AvgIpc) is 3.24. The minimum absolute atomic E-state index is 0.0664. The van der Waals surface area contributed by atoms with Crippen molar-refractivity contribution in [2.24, 2.45) is 0 Å². The zero-order valence-electron chi connectivity index (χ0n) is 17.0. The molecule has 0 spiro atoms. The molecule has 0 unspecified atom stereocenters. The maximum atomic E-state index is 12.8. The number of hydrogen-bond acceptors (Lipinski definition) is 4. The van der Waals surface area contributed by atoms with Gasteiger partial charge in [0, 0.05) is 37.7 Å². The molecule has 0 aliphatic carbocycles. The fourth-order valence-electron chi connectivity index (χ4n) is 3.55. The molecule has 30 heavy (non-hydrogen) atoms. The Hall–Kier alpha value is -2.76. The Balaban J connectivity index is 1.28. The van der Waals surface area contributed by atoms with Crippen molar-refractivity contribution in [3.63, 3.8) is 0 Å². The third-order valence-corrected chi connectivity index (χ3v) is 5.63. The normalized spacial score (nSPS) is 14.7. The van der Waals surface area contributed by atoms with Crippen LogP contribution in [0.5, 0.6) is 5.75 Å². The largest absolute Gasteiger partial charge is 0.486 e. The summed E-state index contributed by atoms with van der Waals surface area (Å²) in [6.07, 6.45) is 0. The molecule has 6 heteroatoms. The van der Waals surface area contributed by atoms with Gasteiger partial charge in [0.15, 0.2) is 5.76 Å². The van der Waals surface area contributed by atoms with E-state index in [-0.39, 0.29) is 12.5 Å². The quantitative estimate of drug-likeness (QED) is 0.571. The molecule has 0 radical (unpaired) electrons. The van der Waals surface area contributed by atoms with Gasteiger partial charge in [-0.15, -0.1) is 0 Å². The predicted octanol–water partition coefficient (Wildman–Crippen LogP) is 4.78. The Bertz CT molecular complexity index is 992. The molecule has 0 N–H and O–H groups in total. The van der Waals surface area contributed by atoms with Gasteiger partial charge in [-0.05, 0) is 54.4 Å². The smallest absolute Gasteiger partial charge is 0.289 e. The van der Waals surface area contributed by atoms with Crippen molar-refractivity contribution in [1.82, 2.24) is 9.80 Å². The summed E-state index contributed by atoms with van der Waals surface area (Å²) in [4.78, 5) is 17.0. The molecule has 1 aliphatic heterocycles. The number of halogens is 1. The van der Waals surface area contributed by atoms with Gasteiger partial charge in [0.1, 0.15) is 18.1 Å². The van der Waals surface area contributed by atoms with Crippen molar-refractivity contribution in [1.29, 1.82) is 0 Å². The van der Waals surface area contributed by atoms with E-state index in [1.54, 1.807) is 36.4 Å². The van der Waals surface area contributed by atoms with Gasteiger partial charge in [-0.1, -0.05) is 35.9 Å². The fourth-order valence-corrected chi connectivity index (χ4v) is 3.68. The van der Waals surface area contributed by atoms with Crippen molar-refractivity contribution >= 4 is 17.5 Å². The third kappa shape index (κ3) is 5.04. The second kappa shape index (κ2) is 9.37. The number of ether oxygens (including phenoxy) is 1. The van der Waals surface area contributed by atoms with Crippen molar-refractivity contribution in [2.45, 2.75) is 20.1 Å². The average molecular weight is 425 g/mol. The standard InChI is InChI=1S/C24H25ClN2O3/c1-18-4-2-3-5-19(18)16-26-12-14-27(15-13-26)24(28)23-11-10-22(30-23)17-29-21-8-6-20(25)7-9-21/h2-11H,12-17H2,1H3. The lowest BCUT2D eigenvalue weighted by Gasteiger charge is -2.34.